The molecule has 0 heterocycles. The molecule has 2 atom stereocenters. The first-order valence-electron chi connectivity index (χ1n) is 7.70. The number of hydrogen-bond acceptors (Lipinski definition) is 2. The molecule has 2 heteroatoms. The van der Waals surface area contributed by atoms with Crippen LogP contribution in [0.3, 0.4) is 0 Å². The SMILES string of the molecule is COC(C)(C)CC(C)NC(CC(C)C)c1ccccc1. The van der Waals surface area contributed by atoms with Crippen LogP contribution in [0.25, 0.3) is 0 Å². The molecule has 20 heavy (non-hydrogen) atoms. The molecule has 1 aromatic carbocycles. The van der Waals surface area contributed by atoms with Crippen LogP contribution in [0.5, 0.6) is 0 Å². The quantitative estimate of drug-likeness (QED) is 0.751. The molecular formula is C18H31NO. The molecule has 0 amide bonds. The fraction of sp³-hybridized carbons (Fsp3) is 0.667. The maximum absolute atomic E-state index is 5.54. The zero-order valence-electron chi connectivity index (χ0n) is 13.9. The van der Waals surface area contributed by atoms with Crippen LogP contribution in [0.1, 0.15) is 59.1 Å². The topological polar surface area (TPSA) is 21.3 Å². The highest BCUT2D eigenvalue weighted by Gasteiger charge is 2.22. The normalized spacial score (nSPS) is 15.3. The van der Waals surface area contributed by atoms with Crippen molar-refractivity contribution in [2.24, 2.45) is 5.92 Å². The summed E-state index contributed by atoms with van der Waals surface area (Å²) in [4.78, 5) is 0. The van der Waals surface area contributed by atoms with Gasteiger partial charge in [-0.3, -0.25) is 0 Å². The van der Waals surface area contributed by atoms with E-state index in [-0.39, 0.29) is 5.60 Å². The van der Waals surface area contributed by atoms with Crippen LogP contribution in [0.2, 0.25) is 0 Å². The molecule has 0 aliphatic heterocycles. The van der Waals surface area contributed by atoms with Gasteiger partial charge in [-0.05, 0) is 45.1 Å². The van der Waals surface area contributed by atoms with Gasteiger partial charge in [-0.15, -0.1) is 0 Å². The summed E-state index contributed by atoms with van der Waals surface area (Å²) in [5.41, 5.74) is 1.30. The number of rotatable bonds is 8. The summed E-state index contributed by atoms with van der Waals surface area (Å²) in [6.07, 6.45) is 2.16. The van der Waals surface area contributed by atoms with Crippen LogP contribution in [-0.4, -0.2) is 18.8 Å². The second-order valence-corrected chi connectivity index (χ2v) is 6.83. The third-order valence-corrected chi connectivity index (χ3v) is 3.75. The Morgan fingerprint density at radius 3 is 2.20 bits per heavy atom. The molecule has 2 unspecified atom stereocenters. The second kappa shape index (κ2) is 7.80. The number of nitrogens with one attached hydrogen (secondary N) is 1. The molecule has 114 valence electrons. The van der Waals surface area contributed by atoms with Gasteiger partial charge in [-0.1, -0.05) is 44.2 Å². The van der Waals surface area contributed by atoms with Crippen molar-refractivity contribution < 1.29 is 4.74 Å². The lowest BCUT2D eigenvalue weighted by molar-refractivity contribution is 0.00745. The molecule has 1 aromatic rings. The van der Waals surface area contributed by atoms with Crippen LogP contribution >= 0.6 is 0 Å². The predicted molar refractivity (Wildman–Crippen MR) is 86.9 cm³/mol. The van der Waals surface area contributed by atoms with Gasteiger partial charge >= 0.3 is 0 Å². The monoisotopic (exact) mass is 277 g/mol. The molecule has 1 N–H and O–H groups in total. The molecule has 0 aliphatic carbocycles. The maximum atomic E-state index is 5.54. The predicted octanol–water partition coefficient (Wildman–Crippen LogP) is 4.57. The van der Waals surface area contributed by atoms with E-state index in [4.69, 9.17) is 4.74 Å². The van der Waals surface area contributed by atoms with Crippen LogP contribution in [-0.2, 0) is 4.74 Å². The third kappa shape index (κ3) is 6.06. The van der Waals surface area contributed by atoms with Crippen molar-refractivity contribution in [1.82, 2.24) is 5.32 Å². The number of benzene rings is 1. The van der Waals surface area contributed by atoms with E-state index in [0.717, 1.165) is 12.8 Å². The van der Waals surface area contributed by atoms with E-state index in [2.05, 4.69) is 70.3 Å². The molecule has 0 fully saturated rings. The Kier molecular flexibility index (Phi) is 6.70. The molecule has 1 rings (SSSR count). The van der Waals surface area contributed by atoms with Crippen LogP contribution in [0.15, 0.2) is 30.3 Å². The van der Waals surface area contributed by atoms with E-state index in [0.29, 0.717) is 18.0 Å². The first-order valence-corrected chi connectivity index (χ1v) is 7.70. The summed E-state index contributed by atoms with van der Waals surface area (Å²) in [7, 11) is 1.79. The molecule has 0 spiro atoms. The largest absolute Gasteiger partial charge is 0.379 e. The Labute approximate surface area is 124 Å². The van der Waals surface area contributed by atoms with E-state index >= 15 is 0 Å². The lowest BCUT2D eigenvalue weighted by atomic mass is 9.94. The Hall–Kier alpha value is -0.860. The molecular weight excluding hydrogens is 246 g/mol. The lowest BCUT2D eigenvalue weighted by Crippen LogP contribution is -2.38. The van der Waals surface area contributed by atoms with Crippen molar-refractivity contribution in [2.75, 3.05) is 7.11 Å². The van der Waals surface area contributed by atoms with Gasteiger partial charge in [-0.2, -0.15) is 0 Å². The molecule has 0 saturated heterocycles. The molecule has 0 bridgehead atoms. The van der Waals surface area contributed by atoms with Gasteiger partial charge in [-0.25, -0.2) is 0 Å². The minimum atomic E-state index is -0.0779. The van der Waals surface area contributed by atoms with Crippen molar-refractivity contribution in [3.63, 3.8) is 0 Å². The summed E-state index contributed by atoms with van der Waals surface area (Å²) in [6, 6.07) is 11.6. The highest BCUT2D eigenvalue weighted by Crippen LogP contribution is 2.24. The van der Waals surface area contributed by atoms with Gasteiger partial charge in [0.05, 0.1) is 5.60 Å². The van der Waals surface area contributed by atoms with E-state index in [9.17, 15) is 0 Å². The Bertz CT molecular complexity index is 372. The van der Waals surface area contributed by atoms with Gasteiger partial charge in [0.2, 0.25) is 0 Å². The van der Waals surface area contributed by atoms with Crippen molar-refractivity contribution in [3.8, 4) is 0 Å². The van der Waals surface area contributed by atoms with Crippen LogP contribution in [0.4, 0.5) is 0 Å². The van der Waals surface area contributed by atoms with Crippen molar-refractivity contribution in [3.05, 3.63) is 35.9 Å². The number of methoxy groups -OCH3 is 1. The van der Waals surface area contributed by atoms with E-state index < -0.39 is 0 Å². The summed E-state index contributed by atoms with van der Waals surface area (Å²) >= 11 is 0. The Balaban J connectivity index is 2.70. The molecule has 0 aliphatic rings. The van der Waals surface area contributed by atoms with Crippen LogP contribution in [0, 0.1) is 5.92 Å². The van der Waals surface area contributed by atoms with Gasteiger partial charge in [0.15, 0.2) is 0 Å². The standard InChI is InChI=1S/C18H31NO/c1-14(2)12-17(16-10-8-7-9-11-16)19-15(3)13-18(4,5)20-6/h7-11,14-15,17,19H,12-13H2,1-6H3. The summed E-state index contributed by atoms with van der Waals surface area (Å²) in [5.74, 6) is 0.676. The Morgan fingerprint density at radius 1 is 1.10 bits per heavy atom. The highest BCUT2D eigenvalue weighted by atomic mass is 16.5. The maximum Gasteiger partial charge on any atom is 0.0637 e. The van der Waals surface area contributed by atoms with Gasteiger partial charge in [0.25, 0.3) is 0 Å². The third-order valence-electron chi connectivity index (χ3n) is 3.75. The molecule has 0 saturated carbocycles. The van der Waals surface area contributed by atoms with Gasteiger partial charge in [0.1, 0.15) is 0 Å². The fourth-order valence-electron chi connectivity index (χ4n) is 2.68. The van der Waals surface area contributed by atoms with E-state index in [1.807, 2.05) is 0 Å². The molecule has 0 radical (unpaired) electrons. The molecule has 2 nitrogen and oxygen atoms in total. The Morgan fingerprint density at radius 2 is 1.70 bits per heavy atom. The van der Waals surface area contributed by atoms with Crippen LogP contribution < -0.4 is 5.32 Å². The van der Waals surface area contributed by atoms with Crippen molar-refractivity contribution >= 4 is 0 Å². The lowest BCUT2D eigenvalue weighted by Gasteiger charge is -2.31. The first-order chi connectivity index (χ1) is 9.34. The van der Waals surface area contributed by atoms with E-state index in [1.54, 1.807) is 7.11 Å². The van der Waals surface area contributed by atoms with Gasteiger partial charge < -0.3 is 10.1 Å². The van der Waals surface area contributed by atoms with E-state index in [1.165, 1.54) is 5.56 Å². The summed E-state index contributed by atoms with van der Waals surface area (Å²) < 4.78 is 5.54. The average molecular weight is 277 g/mol. The fourth-order valence-corrected chi connectivity index (χ4v) is 2.68. The smallest absolute Gasteiger partial charge is 0.0637 e. The van der Waals surface area contributed by atoms with Crippen molar-refractivity contribution in [2.45, 2.75) is 65.1 Å². The molecule has 0 aromatic heterocycles. The van der Waals surface area contributed by atoms with Gasteiger partial charge in [0, 0.05) is 19.2 Å². The minimum Gasteiger partial charge on any atom is -0.379 e. The zero-order valence-corrected chi connectivity index (χ0v) is 13.9. The summed E-state index contributed by atoms with van der Waals surface area (Å²) in [6.45, 7) is 11.1. The minimum absolute atomic E-state index is 0.0779. The zero-order chi connectivity index (χ0) is 15.2. The second-order valence-electron chi connectivity index (χ2n) is 6.83. The first kappa shape index (κ1) is 17.2. The van der Waals surface area contributed by atoms with Crippen molar-refractivity contribution in [1.29, 1.82) is 0 Å². The summed E-state index contributed by atoms with van der Waals surface area (Å²) in [5, 5.41) is 3.78. The number of ether oxygens (including phenoxy) is 1. The highest BCUT2D eigenvalue weighted by molar-refractivity contribution is 5.19. The average Bonchev–Trinajstić information content (AvgIpc) is 2.38. The number of hydrogen-bond donors (Lipinski definition) is 1.